The number of esters is 1. The van der Waals surface area contributed by atoms with E-state index < -0.39 is 67.8 Å². The van der Waals surface area contributed by atoms with Crippen LogP contribution >= 0.6 is 7.37 Å². The molecule has 2 unspecified atom stereocenters. The van der Waals surface area contributed by atoms with Crippen LogP contribution in [0, 0.1) is 17.8 Å². The van der Waals surface area contributed by atoms with Crippen LogP contribution in [0.4, 0.5) is 0 Å². The van der Waals surface area contributed by atoms with Crippen molar-refractivity contribution in [3.8, 4) is 0 Å². The molecule has 2 aliphatic rings. The van der Waals surface area contributed by atoms with Gasteiger partial charge in [-0.3, -0.25) is 18.7 Å². The first-order valence-corrected chi connectivity index (χ1v) is 16.2. The number of aliphatic carboxylic acids is 1. The number of ether oxygens (including phenoxy) is 1. The van der Waals surface area contributed by atoms with Gasteiger partial charge in [-0.2, -0.15) is 0 Å². The maximum atomic E-state index is 14.3. The van der Waals surface area contributed by atoms with E-state index in [9.17, 15) is 24.1 Å². The van der Waals surface area contributed by atoms with Crippen molar-refractivity contribution in [1.29, 1.82) is 0 Å². The SMILES string of the molecule is [2H]c1c([2H])c([2H])c(CCCCP(=O)(CC(=O)N2C[C@H](C3CCCCC3)C[C@H]2C(=O)[O-])OC(OC(=O)CC)C(C)C)c([2H])c1[2H].[Na+]. The molecule has 2 fully saturated rings. The number of carboxylic acid groups (broad SMARTS) is 1. The summed E-state index contributed by atoms with van der Waals surface area (Å²) in [5.41, 5.74) is 0.141. The van der Waals surface area contributed by atoms with Crippen molar-refractivity contribution in [2.24, 2.45) is 17.8 Å². The van der Waals surface area contributed by atoms with Gasteiger partial charge < -0.3 is 19.5 Å². The third kappa shape index (κ3) is 10.6. The van der Waals surface area contributed by atoms with Crippen molar-refractivity contribution in [1.82, 2.24) is 4.90 Å². The quantitative estimate of drug-likeness (QED) is 0.107. The van der Waals surface area contributed by atoms with Crippen molar-refractivity contribution >= 4 is 25.2 Å². The molecule has 0 radical (unpaired) electrons. The molecule has 0 spiro atoms. The van der Waals surface area contributed by atoms with Crippen LogP contribution in [0.5, 0.6) is 0 Å². The van der Waals surface area contributed by atoms with Gasteiger partial charge in [-0.25, -0.2) is 0 Å². The Bertz CT molecular complexity index is 1230. The van der Waals surface area contributed by atoms with Crippen LogP contribution in [-0.2, 0) is 34.6 Å². The number of rotatable bonds is 14. The molecule has 4 atom stereocenters. The van der Waals surface area contributed by atoms with E-state index in [2.05, 4.69) is 0 Å². The molecule has 0 bridgehead atoms. The van der Waals surface area contributed by atoms with Gasteiger partial charge in [0.15, 0.2) is 0 Å². The number of amides is 1. The fourth-order valence-electron chi connectivity index (χ4n) is 5.52. The van der Waals surface area contributed by atoms with Crippen molar-refractivity contribution < 1.29 is 69.7 Å². The predicted octanol–water partition coefficient (Wildman–Crippen LogP) is 1.79. The summed E-state index contributed by atoms with van der Waals surface area (Å²) in [7, 11) is -3.86. The topological polar surface area (TPSA) is 113 Å². The van der Waals surface area contributed by atoms with Crippen LogP contribution in [0.3, 0.4) is 0 Å². The average molecular weight is 591 g/mol. The van der Waals surface area contributed by atoms with Crippen LogP contribution in [0.1, 0.15) is 91.0 Å². The van der Waals surface area contributed by atoms with Crippen molar-refractivity contribution in [3.05, 3.63) is 35.8 Å². The molecule has 1 saturated heterocycles. The van der Waals surface area contributed by atoms with Crippen molar-refractivity contribution in [3.63, 3.8) is 0 Å². The Labute approximate surface area is 268 Å². The molecule has 8 nitrogen and oxygen atoms in total. The smallest absolute Gasteiger partial charge is 0.548 e. The summed E-state index contributed by atoms with van der Waals surface area (Å²) >= 11 is 0. The number of hydrogen-bond donors (Lipinski definition) is 0. The summed E-state index contributed by atoms with van der Waals surface area (Å²) < 4.78 is 65.5. The third-order valence-corrected chi connectivity index (χ3v) is 10.1. The number of carboxylic acids is 1. The molecule has 40 heavy (non-hydrogen) atoms. The number of benzene rings is 1. The van der Waals surface area contributed by atoms with Gasteiger partial charge in [0.1, 0.15) is 6.16 Å². The van der Waals surface area contributed by atoms with E-state index in [0.29, 0.717) is 12.3 Å². The second kappa shape index (κ2) is 17.1. The molecule has 1 aromatic rings. The monoisotopic (exact) mass is 590 g/mol. The van der Waals surface area contributed by atoms with Crippen molar-refractivity contribution in [2.75, 3.05) is 18.9 Å². The minimum atomic E-state index is -3.86. The first kappa shape index (κ1) is 27.6. The van der Waals surface area contributed by atoms with Gasteiger partial charge in [-0.1, -0.05) is 83.1 Å². The third-order valence-electron chi connectivity index (χ3n) is 7.72. The molecule has 0 aromatic heterocycles. The van der Waals surface area contributed by atoms with Gasteiger partial charge in [0.05, 0.1) is 18.9 Å². The molecule has 1 heterocycles. The molecule has 1 amide bonds. The Balaban J connectivity index is 0.00000705. The van der Waals surface area contributed by atoms with Crippen LogP contribution in [-0.4, -0.2) is 53.9 Å². The Morgan fingerprint density at radius 3 is 2.38 bits per heavy atom. The van der Waals surface area contributed by atoms with Gasteiger partial charge in [0, 0.05) is 25.0 Å². The minimum absolute atomic E-state index is 0. The molecule has 10 heteroatoms. The van der Waals surface area contributed by atoms with Crippen molar-refractivity contribution in [2.45, 2.75) is 97.3 Å². The normalized spacial score (nSPS) is 23.6. The van der Waals surface area contributed by atoms with E-state index in [1.165, 1.54) is 4.90 Å². The van der Waals surface area contributed by atoms with Gasteiger partial charge in [-0.05, 0) is 43.1 Å². The molecule has 3 rings (SSSR count). The van der Waals surface area contributed by atoms with Gasteiger partial charge >= 0.3 is 35.5 Å². The Morgan fingerprint density at radius 1 is 1.10 bits per heavy atom. The summed E-state index contributed by atoms with van der Waals surface area (Å²) in [5, 5.41) is 12.1. The zero-order valence-electron chi connectivity index (χ0n) is 29.3. The van der Waals surface area contributed by atoms with E-state index >= 15 is 0 Å². The number of nitrogens with zero attached hydrogens (tertiary/aromatic N) is 1. The summed E-state index contributed by atoms with van der Waals surface area (Å²) in [6.45, 7) is 5.30. The molecule has 1 saturated carbocycles. The standard InChI is InChI=1S/C30H46NO7P.Na/c1-4-28(33)37-30(22(2)3)38-39(36,18-12-11-15-23-13-7-5-8-14-23)21-27(32)31-20-25(19-26(31)29(34)35)24-16-9-6-10-17-24;/h5,7-8,13-14,22,24-26,30H,4,6,9-12,15-21H2,1-3H3,(H,34,35);/q;+1/p-1/t25-,26+,30?,39?;/m1./s1/i5D,7D,8D,13D,14D;. The van der Waals surface area contributed by atoms with E-state index in [1.807, 2.05) is 0 Å². The van der Waals surface area contributed by atoms with E-state index in [-0.39, 0.29) is 91.5 Å². The maximum absolute atomic E-state index is 14.3. The predicted molar refractivity (Wildman–Crippen MR) is 148 cm³/mol. The fourth-order valence-corrected chi connectivity index (χ4v) is 7.82. The molecular formula is C30H45NNaO7P. The van der Waals surface area contributed by atoms with E-state index in [1.54, 1.807) is 20.8 Å². The van der Waals surface area contributed by atoms with Crippen LogP contribution in [0.25, 0.3) is 0 Å². The molecular weight excluding hydrogens is 540 g/mol. The van der Waals surface area contributed by atoms with E-state index in [4.69, 9.17) is 16.1 Å². The summed E-state index contributed by atoms with van der Waals surface area (Å²) in [4.78, 5) is 39.1. The minimum Gasteiger partial charge on any atom is -0.548 e. The van der Waals surface area contributed by atoms with Gasteiger partial charge in [-0.15, -0.1) is 0 Å². The van der Waals surface area contributed by atoms with E-state index in [0.717, 1.165) is 32.1 Å². The first-order valence-electron chi connectivity index (χ1n) is 16.7. The Kier molecular flexibility index (Phi) is 11.8. The maximum Gasteiger partial charge on any atom is 1.00 e. The summed E-state index contributed by atoms with van der Waals surface area (Å²) in [6.07, 6.45) is 4.37. The summed E-state index contributed by atoms with van der Waals surface area (Å²) in [6, 6.07) is -3.07. The number of carbonyl (C=O) groups is 3. The number of likely N-dealkylation sites (tertiary alicyclic amines) is 1. The zero-order chi connectivity index (χ0) is 32.8. The molecule has 0 N–H and O–H groups in total. The van der Waals surface area contributed by atoms with Crippen LogP contribution < -0.4 is 34.7 Å². The summed E-state index contributed by atoms with van der Waals surface area (Å²) in [5.74, 6) is -2.56. The average Bonchev–Trinajstić information content (AvgIpc) is 3.45. The van der Waals surface area contributed by atoms with Crippen LogP contribution in [0.2, 0.25) is 0 Å². The number of carbonyl (C=O) groups excluding carboxylic acids is 3. The van der Waals surface area contributed by atoms with Gasteiger partial charge in [0.25, 0.3) is 0 Å². The largest absolute Gasteiger partial charge is 1.00 e. The van der Waals surface area contributed by atoms with Crippen LogP contribution in [0.15, 0.2) is 30.2 Å². The molecule has 1 aliphatic heterocycles. The van der Waals surface area contributed by atoms with Gasteiger partial charge in [0.2, 0.25) is 19.6 Å². The number of unbranched alkanes of at least 4 members (excludes halogenated alkanes) is 1. The zero-order valence-corrected chi connectivity index (χ0v) is 27.2. The fraction of sp³-hybridized carbons (Fsp3) is 0.700. The number of hydrogen-bond acceptors (Lipinski definition) is 7. The molecule has 218 valence electrons. The second-order valence-electron chi connectivity index (χ2n) is 11.1. The first-order chi connectivity index (χ1) is 20.7. The Morgan fingerprint density at radius 2 is 1.77 bits per heavy atom. The molecule has 1 aliphatic carbocycles. The molecule has 1 aromatic carbocycles. The Hall–Kier alpha value is -1.18. The second-order valence-corrected chi connectivity index (χ2v) is 13.7.